The van der Waals surface area contributed by atoms with E-state index in [1.807, 2.05) is 18.2 Å². The average molecular weight is 259 g/mol. The van der Waals surface area contributed by atoms with E-state index >= 15 is 0 Å². The molecule has 0 fully saturated rings. The van der Waals surface area contributed by atoms with Crippen LogP contribution in [0.5, 0.6) is 0 Å². The molecule has 0 atom stereocenters. The van der Waals surface area contributed by atoms with Crippen LogP contribution in [-0.2, 0) is 0 Å². The molecule has 0 radical (unpaired) electrons. The second-order valence-electron chi connectivity index (χ2n) is 2.44. The Labute approximate surface area is 78.1 Å². The maximum atomic E-state index is 11.2. The van der Waals surface area contributed by atoms with Crippen molar-refractivity contribution in [3.63, 3.8) is 0 Å². The zero-order valence-corrected chi connectivity index (χ0v) is 7.88. The summed E-state index contributed by atoms with van der Waals surface area (Å²) >= 11 is 2.18. The van der Waals surface area contributed by atoms with Gasteiger partial charge in [0.15, 0.2) is 5.78 Å². The first-order chi connectivity index (χ1) is 5.29. The van der Waals surface area contributed by atoms with Gasteiger partial charge in [0, 0.05) is 9.26 Å². The van der Waals surface area contributed by atoms with E-state index in [1.54, 1.807) is 0 Å². The normalized spacial score (nSPS) is 14.5. The summed E-state index contributed by atoms with van der Waals surface area (Å²) in [4.78, 5) is 11.2. The lowest BCUT2D eigenvalue weighted by Crippen LogP contribution is -2.01. The van der Waals surface area contributed by atoms with Crippen LogP contribution in [0.1, 0.15) is 10.4 Å². The standard InChI is InChI=1S/C8H6INO/c9-5-2-1-3-6-8(5)7(11)4-10-6/h1-3,10H,4H2. The molecule has 56 valence electrons. The molecule has 1 aromatic rings. The van der Waals surface area contributed by atoms with E-state index in [0.717, 1.165) is 14.8 Å². The van der Waals surface area contributed by atoms with Crippen LogP contribution in [0.25, 0.3) is 0 Å². The van der Waals surface area contributed by atoms with Crippen LogP contribution in [0.2, 0.25) is 0 Å². The minimum Gasteiger partial charge on any atom is -0.377 e. The van der Waals surface area contributed by atoms with E-state index in [1.165, 1.54) is 0 Å². The molecular weight excluding hydrogens is 253 g/mol. The molecule has 0 aromatic heterocycles. The molecule has 1 aliphatic rings. The third-order valence-corrected chi connectivity index (χ3v) is 2.63. The van der Waals surface area contributed by atoms with Crippen molar-refractivity contribution >= 4 is 34.1 Å². The highest BCUT2D eigenvalue weighted by atomic mass is 127. The number of halogens is 1. The molecule has 3 heteroatoms. The van der Waals surface area contributed by atoms with Crippen LogP contribution in [0.4, 0.5) is 5.69 Å². The lowest BCUT2D eigenvalue weighted by molar-refractivity contribution is 0.101. The Hall–Kier alpha value is -0.580. The Kier molecular flexibility index (Phi) is 1.60. The van der Waals surface area contributed by atoms with Gasteiger partial charge in [0.05, 0.1) is 12.1 Å². The van der Waals surface area contributed by atoms with Crippen molar-refractivity contribution in [2.45, 2.75) is 0 Å². The summed E-state index contributed by atoms with van der Waals surface area (Å²) in [5.74, 6) is 0.199. The number of rotatable bonds is 0. The fourth-order valence-corrected chi connectivity index (χ4v) is 2.02. The predicted molar refractivity (Wildman–Crippen MR) is 52.0 cm³/mol. The Morgan fingerprint density at radius 2 is 2.27 bits per heavy atom. The Morgan fingerprint density at radius 1 is 1.45 bits per heavy atom. The van der Waals surface area contributed by atoms with Gasteiger partial charge in [0.2, 0.25) is 0 Å². The van der Waals surface area contributed by atoms with E-state index in [0.29, 0.717) is 6.54 Å². The third kappa shape index (κ3) is 1.03. The van der Waals surface area contributed by atoms with Crippen LogP contribution in [0.3, 0.4) is 0 Å². The number of hydrogen-bond donors (Lipinski definition) is 1. The number of hydrogen-bond acceptors (Lipinski definition) is 2. The molecule has 0 spiro atoms. The lowest BCUT2D eigenvalue weighted by Gasteiger charge is -1.97. The van der Waals surface area contributed by atoms with E-state index in [-0.39, 0.29) is 5.78 Å². The number of nitrogens with one attached hydrogen (secondary N) is 1. The summed E-state index contributed by atoms with van der Waals surface area (Å²) in [6.45, 7) is 0.454. The molecule has 0 saturated carbocycles. The quantitative estimate of drug-likeness (QED) is 0.721. The summed E-state index contributed by atoms with van der Waals surface area (Å²) in [6.07, 6.45) is 0. The van der Waals surface area contributed by atoms with Crippen molar-refractivity contribution in [2.75, 3.05) is 11.9 Å². The molecule has 0 bridgehead atoms. The van der Waals surface area contributed by atoms with Gasteiger partial charge >= 0.3 is 0 Å². The highest BCUT2D eigenvalue weighted by Gasteiger charge is 2.20. The van der Waals surface area contributed by atoms with Gasteiger partial charge in [-0.05, 0) is 34.7 Å². The van der Waals surface area contributed by atoms with Gasteiger partial charge in [0.25, 0.3) is 0 Å². The molecule has 1 aliphatic heterocycles. The molecule has 1 aromatic carbocycles. The van der Waals surface area contributed by atoms with Crippen molar-refractivity contribution in [1.82, 2.24) is 0 Å². The van der Waals surface area contributed by atoms with Crippen molar-refractivity contribution in [1.29, 1.82) is 0 Å². The van der Waals surface area contributed by atoms with Gasteiger partial charge in [-0.15, -0.1) is 0 Å². The minimum absolute atomic E-state index is 0.199. The van der Waals surface area contributed by atoms with Crippen molar-refractivity contribution in [3.8, 4) is 0 Å². The van der Waals surface area contributed by atoms with Gasteiger partial charge < -0.3 is 5.32 Å². The Morgan fingerprint density at radius 3 is 3.00 bits per heavy atom. The zero-order valence-electron chi connectivity index (χ0n) is 5.73. The number of carbonyl (C=O) groups is 1. The monoisotopic (exact) mass is 259 g/mol. The molecule has 1 heterocycles. The summed E-state index contributed by atoms with van der Waals surface area (Å²) in [6, 6.07) is 5.83. The molecule has 0 saturated heterocycles. The second-order valence-corrected chi connectivity index (χ2v) is 3.60. The Bertz CT molecular complexity index is 322. The molecule has 11 heavy (non-hydrogen) atoms. The first kappa shape index (κ1) is 7.09. The molecule has 2 nitrogen and oxygen atoms in total. The van der Waals surface area contributed by atoms with Gasteiger partial charge in [-0.3, -0.25) is 4.79 Å². The largest absolute Gasteiger partial charge is 0.377 e. The second kappa shape index (κ2) is 2.48. The third-order valence-electron chi connectivity index (χ3n) is 1.73. The van der Waals surface area contributed by atoms with Crippen LogP contribution in [0.15, 0.2) is 18.2 Å². The molecule has 0 amide bonds. The average Bonchev–Trinajstić information content (AvgIpc) is 2.34. The number of carbonyl (C=O) groups excluding carboxylic acids is 1. The summed E-state index contributed by atoms with van der Waals surface area (Å²) in [5.41, 5.74) is 1.83. The highest BCUT2D eigenvalue weighted by molar-refractivity contribution is 14.1. The molecular formula is C8H6INO. The van der Waals surface area contributed by atoms with Crippen LogP contribution >= 0.6 is 22.6 Å². The number of anilines is 1. The molecule has 1 N–H and O–H groups in total. The lowest BCUT2D eigenvalue weighted by atomic mass is 10.1. The van der Waals surface area contributed by atoms with Crippen LogP contribution in [-0.4, -0.2) is 12.3 Å². The number of fused-ring (bicyclic) bond motifs is 1. The molecule has 2 rings (SSSR count). The van der Waals surface area contributed by atoms with Gasteiger partial charge in [-0.25, -0.2) is 0 Å². The van der Waals surface area contributed by atoms with Gasteiger partial charge in [0.1, 0.15) is 0 Å². The van der Waals surface area contributed by atoms with Crippen LogP contribution < -0.4 is 5.32 Å². The number of ketones is 1. The molecule has 0 aliphatic carbocycles. The summed E-state index contributed by atoms with van der Waals surface area (Å²) in [5, 5.41) is 3.04. The maximum Gasteiger partial charge on any atom is 0.184 e. The zero-order chi connectivity index (χ0) is 7.84. The van der Waals surface area contributed by atoms with Crippen molar-refractivity contribution in [2.24, 2.45) is 0 Å². The topological polar surface area (TPSA) is 29.1 Å². The van der Waals surface area contributed by atoms with Crippen LogP contribution in [0, 0.1) is 3.57 Å². The van der Waals surface area contributed by atoms with E-state index < -0.39 is 0 Å². The van der Waals surface area contributed by atoms with Crippen molar-refractivity contribution < 1.29 is 4.79 Å². The summed E-state index contributed by atoms with van der Waals surface area (Å²) in [7, 11) is 0. The number of benzene rings is 1. The molecule has 0 unspecified atom stereocenters. The fraction of sp³-hybridized carbons (Fsp3) is 0.125. The number of Topliss-reactive ketones (excluding diaryl/α,β-unsaturated/α-hetero) is 1. The van der Waals surface area contributed by atoms with E-state index in [9.17, 15) is 4.79 Å². The van der Waals surface area contributed by atoms with Gasteiger partial charge in [-0.2, -0.15) is 0 Å². The van der Waals surface area contributed by atoms with E-state index in [2.05, 4.69) is 27.9 Å². The van der Waals surface area contributed by atoms with Crippen molar-refractivity contribution in [3.05, 3.63) is 27.3 Å². The Balaban J connectivity index is 2.68. The minimum atomic E-state index is 0.199. The summed E-state index contributed by atoms with van der Waals surface area (Å²) < 4.78 is 1.04. The highest BCUT2D eigenvalue weighted by Crippen LogP contribution is 2.26. The first-order valence-corrected chi connectivity index (χ1v) is 4.42. The maximum absolute atomic E-state index is 11.2. The predicted octanol–water partition coefficient (Wildman–Crippen LogP) is 1.90. The first-order valence-electron chi connectivity index (χ1n) is 3.34. The smallest absolute Gasteiger partial charge is 0.184 e. The van der Waals surface area contributed by atoms with E-state index in [4.69, 9.17) is 0 Å². The van der Waals surface area contributed by atoms with Gasteiger partial charge in [-0.1, -0.05) is 6.07 Å². The fourth-order valence-electron chi connectivity index (χ4n) is 1.22. The SMILES string of the molecule is O=C1CNc2cccc(I)c21.